The van der Waals surface area contributed by atoms with Gasteiger partial charge in [-0.2, -0.15) is 0 Å². The molecule has 17 heavy (non-hydrogen) atoms. The van der Waals surface area contributed by atoms with Crippen LogP contribution in [0.25, 0.3) is 0 Å². The molecule has 2 N–H and O–H groups in total. The smallest absolute Gasteiger partial charge is 0.270 e. The van der Waals surface area contributed by atoms with E-state index in [0.29, 0.717) is 12.2 Å². The van der Waals surface area contributed by atoms with E-state index < -0.39 is 6.10 Å². The molecule has 4 nitrogen and oxygen atoms in total. The number of aromatic nitrogens is 1. The van der Waals surface area contributed by atoms with Crippen LogP contribution in [0.2, 0.25) is 0 Å². The van der Waals surface area contributed by atoms with Gasteiger partial charge in [-0.05, 0) is 5.92 Å². The Bertz CT molecular complexity index is 361. The van der Waals surface area contributed by atoms with Gasteiger partial charge in [0.1, 0.15) is 5.69 Å². The summed E-state index contributed by atoms with van der Waals surface area (Å²) < 4.78 is 0. The van der Waals surface area contributed by atoms with Crippen molar-refractivity contribution in [3.63, 3.8) is 0 Å². The molecule has 1 unspecified atom stereocenters. The van der Waals surface area contributed by atoms with Crippen LogP contribution in [0, 0.1) is 11.3 Å². The third-order valence-electron chi connectivity index (χ3n) is 2.80. The standard InChI is InChI=1S/C12H20N2O2S/c1-8(2)10(15)12(3,4)6-13-11(16)9-5-17-7-14-9/h5,7-8,10,15H,6H2,1-4H3,(H,13,16). The van der Waals surface area contributed by atoms with Gasteiger partial charge in [0.05, 0.1) is 11.6 Å². The van der Waals surface area contributed by atoms with E-state index in [0.717, 1.165) is 0 Å². The van der Waals surface area contributed by atoms with Crippen molar-refractivity contribution in [3.8, 4) is 0 Å². The minimum atomic E-state index is -0.446. The molecule has 1 amide bonds. The molecule has 1 aromatic rings. The van der Waals surface area contributed by atoms with Crippen LogP contribution in [0.15, 0.2) is 10.9 Å². The van der Waals surface area contributed by atoms with Crippen molar-refractivity contribution in [2.24, 2.45) is 11.3 Å². The highest BCUT2D eigenvalue weighted by Gasteiger charge is 2.30. The van der Waals surface area contributed by atoms with Crippen molar-refractivity contribution < 1.29 is 9.90 Å². The fraction of sp³-hybridized carbons (Fsp3) is 0.667. The minimum absolute atomic E-state index is 0.168. The molecule has 0 aliphatic heterocycles. The molecule has 96 valence electrons. The molecule has 0 saturated carbocycles. The summed E-state index contributed by atoms with van der Waals surface area (Å²) in [5.41, 5.74) is 1.72. The van der Waals surface area contributed by atoms with E-state index in [1.807, 2.05) is 27.7 Å². The van der Waals surface area contributed by atoms with Crippen molar-refractivity contribution in [2.75, 3.05) is 6.54 Å². The molecule has 0 bridgehead atoms. The molecule has 0 saturated heterocycles. The summed E-state index contributed by atoms with van der Waals surface area (Å²) in [7, 11) is 0. The summed E-state index contributed by atoms with van der Waals surface area (Å²) in [5.74, 6) is -0.0172. The molecule has 0 aliphatic carbocycles. The van der Waals surface area contributed by atoms with E-state index in [1.165, 1.54) is 11.3 Å². The van der Waals surface area contributed by atoms with Gasteiger partial charge in [-0.25, -0.2) is 4.98 Å². The number of hydrogen-bond acceptors (Lipinski definition) is 4. The van der Waals surface area contributed by atoms with Gasteiger partial charge in [-0.15, -0.1) is 11.3 Å². The Morgan fingerprint density at radius 3 is 2.71 bits per heavy atom. The molecule has 1 rings (SSSR count). The van der Waals surface area contributed by atoms with E-state index >= 15 is 0 Å². The van der Waals surface area contributed by atoms with Gasteiger partial charge < -0.3 is 10.4 Å². The van der Waals surface area contributed by atoms with Crippen molar-refractivity contribution in [1.82, 2.24) is 10.3 Å². The number of amides is 1. The molecular weight excluding hydrogens is 236 g/mol. The molecule has 1 atom stereocenters. The van der Waals surface area contributed by atoms with E-state index in [2.05, 4.69) is 10.3 Å². The Hall–Kier alpha value is -0.940. The Kier molecular flexibility index (Phi) is 4.65. The second-order valence-electron chi connectivity index (χ2n) is 5.23. The van der Waals surface area contributed by atoms with E-state index in [9.17, 15) is 9.90 Å². The average Bonchev–Trinajstić information content (AvgIpc) is 2.78. The van der Waals surface area contributed by atoms with E-state index in [4.69, 9.17) is 0 Å². The van der Waals surface area contributed by atoms with Gasteiger partial charge >= 0.3 is 0 Å². The lowest BCUT2D eigenvalue weighted by Crippen LogP contribution is -2.43. The SMILES string of the molecule is CC(C)C(O)C(C)(C)CNC(=O)c1cscn1. The van der Waals surface area contributed by atoms with Gasteiger partial charge in [0, 0.05) is 17.3 Å². The van der Waals surface area contributed by atoms with Crippen molar-refractivity contribution in [1.29, 1.82) is 0 Å². The summed E-state index contributed by atoms with van der Waals surface area (Å²) in [6.07, 6.45) is -0.446. The van der Waals surface area contributed by atoms with Crippen LogP contribution in [0.4, 0.5) is 0 Å². The maximum absolute atomic E-state index is 11.7. The van der Waals surface area contributed by atoms with Crippen LogP contribution >= 0.6 is 11.3 Å². The van der Waals surface area contributed by atoms with Gasteiger partial charge in [-0.1, -0.05) is 27.7 Å². The van der Waals surface area contributed by atoms with Crippen LogP contribution < -0.4 is 5.32 Å². The van der Waals surface area contributed by atoms with Gasteiger partial charge in [0.25, 0.3) is 5.91 Å². The van der Waals surface area contributed by atoms with Crippen molar-refractivity contribution in [2.45, 2.75) is 33.8 Å². The second kappa shape index (κ2) is 5.60. The van der Waals surface area contributed by atoms with E-state index in [-0.39, 0.29) is 17.2 Å². The second-order valence-corrected chi connectivity index (χ2v) is 5.95. The first-order valence-corrected chi connectivity index (χ1v) is 6.63. The number of nitrogens with one attached hydrogen (secondary N) is 1. The van der Waals surface area contributed by atoms with Gasteiger partial charge in [0.15, 0.2) is 0 Å². The lowest BCUT2D eigenvalue weighted by Gasteiger charge is -2.33. The number of rotatable bonds is 5. The first-order valence-electron chi connectivity index (χ1n) is 5.69. The minimum Gasteiger partial charge on any atom is -0.392 e. The Balaban J connectivity index is 2.53. The maximum atomic E-state index is 11.7. The van der Waals surface area contributed by atoms with E-state index in [1.54, 1.807) is 10.9 Å². The molecule has 1 aromatic heterocycles. The first-order chi connectivity index (χ1) is 7.84. The van der Waals surface area contributed by atoms with Crippen molar-refractivity contribution >= 4 is 17.2 Å². The number of nitrogens with zero attached hydrogens (tertiary/aromatic N) is 1. The lowest BCUT2D eigenvalue weighted by atomic mass is 9.80. The zero-order chi connectivity index (χ0) is 13.1. The molecule has 0 fully saturated rings. The number of hydrogen-bond donors (Lipinski definition) is 2. The molecule has 0 radical (unpaired) electrons. The van der Waals surface area contributed by atoms with Crippen LogP contribution in [-0.2, 0) is 0 Å². The zero-order valence-corrected chi connectivity index (χ0v) is 11.5. The normalized spacial score (nSPS) is 13.8. The number of aliphatic hydroxyl groups is 1. The number of carbonyl (C=O) groups excluding carboxylic acids is 1. The third kappa shape index (κ3) is 3.78. The Labute approximate surface area is 106 Å². The van der Waals surface area contributed by atoms with Crippen LogP contribution in [-0.4, -0.2) is 28.6 Å². The predicted octanol–water partition coefficient (Wildman–Crippen LogP) is 1.92. The van der Waals surface area contributed by atoms with Gasteiger partial charge in [-0.3, -0.25) is 4.79 Å². The summed E-state index contributed by atoms with van der Waals surface area (Å²) in [6, 6.07) is 0. The molecule has 0 aromatic carbocycles. The summed E-state index contributed by atoms with van der Waals surface area (Å²) >= 11 is 1.39. The number of thiazole rings is 1. The molecular formula is C12H20N2O2S. The number of aliphatic hydroxyl groups excluding tert-OH is 1. The predicted molar refractivity (Wildman–Crippen MR) is 69.1 cm³/mol. The highest BCUT2D eigenvalue weighted by molar-refractivity contribution is 7.07. The maximum Gasteiger partial charge on any atom is 0.270 e. The lowest BCUT2D eigenvalue weighted by molar-refractivity contribution is 0.0138. The number of carbonyl (C=O) groups is 1. The van der Waals surface area contributed by atoms with Crippen LogP contribution in [0.5, 0.6) is 0 Å². The molecule has 1 heterocycles. The third-order valence-corrected chi connectivity index (χ3v) is 3.39. The highest BCUT2D eigenvalue weighted by atomic mass is 32.1. The fourth-order valence-corrected chi connectivity index (χ4v) is 2.26. The summed E-state index contributed by atoms with van der Waals surface area (Å²) in [5, 5.41) is 14.5. The molecule has 0 aliphatic rings. The monoisotopic (exact) mass is 256 g/mol. The van der Waals surface area contributed by atoms with Crippen LogP contribution in [0.3, 0.4) is 0 Å². The molecule has 5 heteroatoms. The largest absolute Gasteiger partial charge is 0.392 e. The van der Waals surface area contributed by atoms with Gasteiger partial charge in [0.2, 0.25) is 0 Å². The highest BCUT2D eigenvalue weighted by Crippen LogP contribution is 2.25. The Morgan fingerprint density at radius 1 is 1.59 bits per heavy atom. The van der Waals surface area contributed by atoms with Crippen molar-refractivity contribution in [3.05, 3.63) is 16.6 Å². The fourth-order valence-electron chi connectivity index (χ4n) is 1.73. The first kappa shape index (κ1) is 14.1. The summed E-state index contributed by atoms with van der Waals surface area (Å²) in [4.78, 5) is 15.6. The Morgan fingerprint density at radius 2 is 2.24 bits per heavy atom. The average molecular weight is 256 g/mol. The quantitative estimate of drug-likeness (QED) is 0.846. The zero-order valence-electron chi connectivity index (χ0n) is 10.7. The topological polar surface area (TPSA) is 62.2 Å². The summed E-state index contributed by atoms with van der Waals surface area (Å²) in [6.45, 7) is 8.25. The molecule has 0 spiro atoms. The van der Waals surface area contributed by atoms with Crippen LogP contribution in [0.1, 0.15) is 38.2 Å².